The van der Waals surface area contributed by atoms with Gasteiger partial charge in [-0.05, 0) is 11.6 Å². The van der Waals surface area contributed by atoms with E-state index < -0.39 is 5.56 Å². The highest BCUT2D eigenvalue weighted by Gasteiger charge is 2.13. The molecule has 3 rings (SSSR count). The molecule has 0 saturated heterocycles. The van der Waals surface area contributed by atoms with Gasteiger partial charge in [0.25, 0.3) is 5.56 Å². The minimum Gasteiger partial charge on any atom is -0.369 e. The molecule has 0 unspecified atom stereocenters. The average Bonchev–Trinajstić information content (AvgIpc) is 2.69. The minimum atomic E-state index is -0.404. The number of nitrogens with zero attached hydrogens (tertiary/aromatic N) is 4. The van der Waals surface area contributed by atoms with Crippen molar-refractivity contribution in [3.05, 3.63) is 40.4 Å². The van der Waals surface area contributed by atoms with Crippen LogP contribution >= 0.6 is 0 Å². The maximum Gasteiger partial charge on any atom is 0.280 e. The van der Waals surface area contributed by atoms with Crippen LogP contribution in [0.3, 0.4) is 0 Å². The maximum atomic E-state index is 11.7. The topological polar surface area (TPSA) is 128 Å². The highest BCUT2D eigenvalue weighted by Crippen LogP contribution is 2.15. The Labute approximate surface area is 107 Å². The van der Waals surface area contributed by atoms with Gasteiger partial charge in [-0.2, -0.15) is 4.98 Å². The molecule has 5 N–H and O–H groups in total. The summed E-state index contributed by atoms with van der Waals surface area (Å²) in [5, 5.41) is 0. The van der Waals surface area contributed by atoms with Crippen molar-refractivity contribution in [3.8, 4) is 0 Å². The van der Waals surface area contributed by atoms with Crippen LogP contribution in [0.25, 0.3) is 11.2 Å². The van der Waals surface area contributed by atoms with E-state index in [-0.39, 0.29) is 17.4 Å². The van der Waals surface area contributed by atoms with Crippen LogP contribution in [0.2, 0.25) is 0 Å². The zero-order valence-corrected chi connectivity index (χ0v) is 9.87. The van der Waals surface area contributed by atoms with Crippen LogP contribution in [0.15, 0.2) is 29.3 Å². The smallest absolute Gasteiger partial charge is 0.280 e. The summed E-state index contributed by atoms with van der Waals surface area (Å²) in [4.78, 5) is 26.2. The van der Waals surface area contributed by atoms with Crippen molar-refractivity contribution in [2.75, 3.05) is 11.5 Å². The minimum absolute atomic E-state index is 0.0323. The van der Waals surface area contributed by atoms with Gasteiger partial charge in [0.2, 0.25) is 11.9 Å². The SMILES string of the molecule is Nc1nc2c(nc(N)n2Cc2cccnc2)c(=O)[nH]1. The van der Waals surface area contributed by atoms with E-state index >= 15 is 0 Å². The van der Waals surface area contributed by atoms with Crippen molar-refractivity contribution in [2.24, 2.45) is 0 Å². The molecule has 0 amide bonds. The van der Waals surface area contributed by atoms with Gasteiger partial charge in [-0.3, -0.25) is 19.3 Å². The number of hydrogen-bond donors (Lipinski definition) is 3. The quantitative estimate of drug-likeness (QED) is 0.579. The first-order valence-electron chi connectivity index (χ1n) is 5.55. The molecule has 0 fully saturated rings. The van der Waals surface area contributed by atoms with Gasteiger partial charge < -0.3 is 11.5 Å². The number of H-pyrrole nitrogens is 1. The number of rotatable bonds is 2. The molecule has 3 heterocycles. The Morgan fingerprint density at radius 3 is 2.89 bits per heavy atom. The Morgan fingerprint density at radius 1 is 1.32 bits per heavy atom. The molecule has 3 aromatic rings. The van der Waals surface area contributed by atoms with Crippen LogP contribution in [-0.2, 0) is 6.54 Å². The van der Waals surface area contributed by atoms with Gasteiger partial charge in [-0.25, -0.2) is 4.98 Å². The van der Waals surface area contributed by atoms with E-state index in [0.29, 0.717) is 12.2 Å². The van der Waals surface area contributed by atoms with Crippen LogP contribution in [0.1, 0.15) is 5.56 Å². The van der Waals surface area contributed by atoms with Crippen molar-refractivity contribution in [3.63, 3.8) is 0 Å². The van der Waals surface area contributed by atoms with Crippen LogP contribution < -0.4 is 17.0 Å². The zero-order valence-electron chi connectivity index (χ0n) is 9.87. The van der Waals surface area contributed by atoms with Gasteiger partial charge in [0.05, 0.1) is 6.54 Å². The Morgan fingerprint density at radius 2 is 2.16 bits per heavy atom. The predicted octanol–water partition coefficient (Wildman–Crippen LogP) is -0.273. The van der Waals surface area contributed by atoms with E-state index in [0.717, 1.165) is 5.56 Å². The molecule has 0 aliphatic rings. The first-order chi connectivity index (χ1) is 9.15. The third-order valence-electron chi connectivity index (χ3n) is 2.72. The number of nitrogens with two attached hydrogens (primary N) is 2. The normalized spacial score (nSPS) is 10.9. The van der Waals surface area contributed by atoms with E-state index in [1.54, 1.807) is 17.0 Å². The average molecular weight is 257 g/mol. The van der Waals surface area contributed by atoms with Gasteiger partial charge >= 0.3 is 0 Å². The molecule has 96 valence electrons. The van der Waals surface area contributed by atoms with E-state index in [1.165, 1.54) is 0 Å². The van der Waals surface area contributed by atoms with Crippen LogP contribution in [-0.4, -0.2) is 24.5 Å². The number of nitrogens with one attached hydrogen (secondary N) is 1. The summed E-state index contributed by atoms with van der Waals surface area (Å²) in [7, 11) is 0. The van der Waals surface area contributed by atoms with Gasteiger partial charge in [0.15, 0.2) is 11.2 Å². The van der Waals surface area contributed by atoms with E-state index in [4.69, 9.17) is 11.5 Å². The summed E-state index contributed by atoms with van der Waals surface area (Å²) < 4.78 is 1.62. The van der Waals surface area contributed by atoms with Crippen molar-refractivity contribution in [1.82, 2.24) is 24.5 Å². The van der Waals surface area contributed by atoms with Crippen LogP contribution in [0, 0.1) is 0 Å². The number of aromatic nitrogens is 5. The first kappa shape index (κ1) is 11.2. The Balaban J connectivity index is 2.18. The first-order valence-corrected chi connectivity index (χ1v) is 5.55. The molecule has 8 heteroatoms. The second kappa shape index (κ2) is 4.09. The monoisotopic (exact) mass is 257 g/mol. The van der Waals surface area contributed by atoms with Crippen molar-refractivity contribution < 1.29 is 0 Å². The predicted molar refractivity (Wildman–Crippen MR) is 70.3 cm³/mol. The molecule has 0 saturated carbocycles. The Bertz CT molecular complexity index is 790. The van der Waals surface area contributed by atoms with E-state index in [9.17, 15) is 4.79 Å². The summed E-state index contributed by atoms with van der Waals surface area (Å²) in [6.45, 7) is 0.423. The molecule has 19 heavy (non-hydrogen) atoms. The van der Waals surface area contributed by atoms with Crippen LogP contribution in [0.4, 0.5) is 11.9 Å². The molecule has 8 nitrogen and oxygen atoms in total. The molecular weight excluding hydrogens is 246 g/mol. The molecule has 0 bridgehead atoms. The fourth-order valence-corrected chi connectivity index (χ4v) is 1.87. The fourth-order valence-electron chi connectivity index (χ4n) is 1.87. The molecule has 0 aromatic carbocycles. The molecular formula is C11H11N7O. The van der Waals surface area contributed by atoms with Gasteiger partial charge in [-0.15, -0.1) is 0 Å². The third kappa shape index (κ3) is 1.88. The number of nitrogen functional groups attached to an aromatic ring is 2. The van der Waals surface area contributed by atoms with Gasteiger partial charge in [0, 0.05) is 12.4 Å². The van der Waals surface area contributed by atoms with Gasteiger partial charge in [-0.1, -0.05) is 6.07 Å². The largest absolute Gasteiger partial charge is 0.369 e. The number of anilines is 2. The van der Waals surface area contributed by atoms with Crippen molar-refractivity contribution >= 4 is 23.1 Å². The number of pyridine rings is 1. The molecule has 0 aliphatic carbocycles. The van der Waals surface area contributed by atoms with Gasteiger partial charge in [0.1, 0.15) is 0 Å². The summed E-state index contributed by atoms with van der Waals surface area (Å²) in [5.41, 5.74) is 12.4. The highest BCUT2D eigenvalue weighted by molar-refractivity contribution is 5.74. The lowest BCUT2D eigenvalue weighted by molar-refractivity contribution is 0.822. The van der Waals surface area contributed by atoms with Crippen LogP contribution in [0.5, 0.6) is 0 Å². The van der Waals surface area contributed by atoms with E-state index in [2.05, 4.69) is 19.9 Å². The lowest BCUT2D eigenvalue weighted by Crippen LogP contribution is -2.12. The number of aromatic amines is 1. The lowest BCUT2D eigenvalue weighted by Gasteiger charge is -2.05. The molecule has 0 aliphatic heterocycles. The highest BCUT2D eigenvalue weighted by atomic mass is 16.1. The van der Waals surface area contributed by atoms with Crippen molar-refractivity contribution in [1.29, 1.82) is 0 Å². The van der Waals surface area contributed by atoms with E-state index in [1.807, 2.05) is 12.1 Å². The maximum absolute atomic E-state index is 11.7. The number of hydrogen-bond acceptors (Lipinski definition) is 6. The summed E-state index contributed by atoms with van der Waals surface area (Å²) in [5.74, 6) is 0.243. The Kier molecular flexibility index (Phi) is 2.41. The second-order valence-electron chi connectivity index (χ2n) is 4.04. The standard InChI is InChI=1S/C11H11N7O/c12-10-16-8-7(9(19)17-10)15-11(13)18(8)5-6-2-1-3-14-4-6/h1-4H,5H2,(H2,13,15)(H3,12,16,17,19). The third-order valence-corrected chi connectivity index (χ3v) is 2.72. The molecule has 0 radical (unpaired) electrons. The Hall–Kier alpha value is -2.90. The van der Waals surface area contributed by atoms with Crippen molar-refractivity contribution in [2.45, 2.75) is 6.54 Å². The summed E-state index contributed by atoms with van der Waals surface area (Å²) in [6, 6.07) is 3.72. The molecule has 0 atom stereocenters. The number of imidazole rings is 1. The summed E-state index contributed by atoms with van der Waals surface area (Å²) in [6.07, 6.45) is 3.39. The summed E-state index contributed by atoms with van der Waals surface area (Å²) >= 11 is 0. The number of fused-ring (bicyclic) bond motifs is 1. The lowest BCUT2D eigenvalue weighted by atomic mass is 10.3. The fraction of sp³-hybridized carbons (Fsp3) is 0.0909. The second-order valence-corrected chi connectivity index (χ2v) is 4.04. The molecule has 0 spiro atoms. The zero-order chi connectivity index (χ0) is 13.4. The molecule has 3 aromatic heterocycles.